The van der Waals surface area contributed by atoms with Gasteiger partial charge in [0, 0.05) is 18.5 Å². The molecule has 7 nitrogen and oxygen atoms in total. The fourth-order valence-corrected chi connectivity index (χ4v) is 3.59. The standard InChI is InChI=1S/C23H22BrN3O4/c1-30-20-12-15(11-19(24)23(20)31-2)14-25-27-22(29)10-9-21(28)26-18-8-7-16-5-3-4-6-17(16)13-18/h3-8,11-14H,9-10H2,1-2H3,(H,26,28)(H,27,29)/b25-14+. The number of hydrogen-bond acceptors (Lipinski definition) is 5. The lowest BCUT2D eigenvalue weighted by Crippen LogP contribution is -2.20. The molecule has 2 amide bonds. The largest absolute Gasteiger partial charge is 0.493 e. The van der Waals surface area contributed by atoms with Crippen LogP contribution in [0.15, 0.2) is 64.2 Å². The number of nitrogens with zero attached hydrogens (tertiary/aromatic N) is 1. The van der Waals surface area contributed by atoms with Gasteiger partial charge in [-0.3, -0.25) is 9.59 Å². The first kappa shape index (κ1) is 22.3. The molecule has 0 bridgehead atoms. The van der Waals surface area contributed by atoms with Gasteiger partial charge in [0.1, 0.15) is 0 Å². The number of halogens is 1. The molecule has 0 aliphatic rings. The summed E-state index contributed by atoms with van der Waals surface area (Å²) in [5, 5.41) is 8.88. The van der Waals surface area contributed by atoms with E-state index in [-0.39, 0.29) is 24.7 Å². The van der Waals surface area contributed by atoms with Crippen LogP contribution in [0.1, 0.15) is 18.4 Å². The molecule has 0 radical (unpaired) electrons. The third-order valence-electron chi connectivity index (χ3n) is 4.47. The highest BCUT2D eigenvalue weighted by Crippen LogP contribution is 2.35. The van der Waals surface area contributed by atoms with Crippen LogP contribution in [-0.2, 0) is 9.59 Å². The summed E-state index contributed by atoms with van der Waals surface area (Å²) in [6.07, 6.45) is 1.56. The number of hydrogen-bond donors (Lipinski definition) is 2. The number of fused-ring (bicyclic) bond motifs is 1. The van der Waals surface area contributed by atoms with Crippen LogP contribution in [0, 0.1) is 0 Å². The summed E-state index contributed by atoms with van der Waals surface area (Å²) in [7, 11) is 3.09. The van der Waals surface area contributed by atoms with Crippen LogP contribution in [0.25, 0.3) is 10.8 Å². The van der Waals surface area contributed by atoms with E-state index in [4.69, 9.17) is 9.47 Å². The Kier molecular flexibility index (Phi) is 7.61. The predicted molar refractivity (Wildman–Crippen MR) is 125 cm³/mol. The molecule has 0 aliphatic heterocycles. The quantitative estimate of drug-likeness (QED) is 0.364. The Labute approximate surface area is 188 Å². The molecule has 0 saturated heterocycles. The molecule has 3 aromatic carbocycles. The molecule has 0 aromatic heterocycles. The Morgan fingerprint density at radius 2 is 1.71 bits per heavy atom. The maximum absolute atomic E-state index is 12.2. The Morgan fingerprint density at radius 3 is 2.45 bits per heavy atom. The average molecular weight is 484 g/mol. The lowest BCUT2D eigenvalue weighted by atomic mass is 10.1. The SMILES string of the molecule is COc1cc(/C=N/NC(=O)CCC(=O)Nc2ccc3ccccc3c2)cc(Br)c1OC. The second-order valence-electron chi connectivity index (χ2n) is 6.64. The highest BCUT2D eigenvalue weighted by molar-refractivity contribution is 9.10. The van der Waals surface area contributed by atoms with Crippen LogP contribution in [0.5, 0.6) is 11.5 Å². The van der Waals surface area contributed by atoms with Crippen molar-refractivity contribution in [2.75, 3.05) is 19.5 Å². The zero-order chi connectivity index (χ0) is 22.2. The van der Waals surface area contributed by atoms with Crippen molar-refractivity contribution in [3.8, 4) is 11.5 Å². The molecule has 0 fully saturated rings. The molecule has 31 heavy (non-hydrogen) atoms. The molecule has 0 saturated carbocycles. The normalized spacial score (nSPS) is 10.8. The van der Waals surface area contributed by atoms with E-state index in [1.165, 1.54) is 13.3 Å². The Hall–Kier alpha value is -3.39. The topological polar surface area (TPSA) is 89.0 Å². The van der Waals surface area contributed by atoms with E-state index in [1.807, 2.05) is 42.5 Å². The van der Waals surface area contributed by atoms with Gasteiger partial charge in [-0.1, -0.05) is 30.3 Å². The van der Waals surface area contributed by atoms with Gasteiger partial charge < -0.3 is 14.8 Å². The van der Waals surface area contributed by atoms with Crippen molar-refractivity contribution >= 4 is 50.4 Å². The first-order valence-corrected chi connectivity index (χ1v) is 10.3. The molecule has 3 aromatic rings. The minimum atomic E-state index is -0.357. The lowest BCUT2D eigenvalue weighted by Gasteiger charge is -2.10. The summed E-state index contributed by atoms with van der Waals surface area (Å²) >= 11 is 3.40. The number of carbonyl (C=O) groups is 2. The Bertz CT molecular complexity index is 1130. The fraction of sp³-hybridized carbons (Fsp3) is 0.174. The average Bonchev–Trinajstić information content (AvgIpc) is 2.77. The number of ether oxygens (including phenoxy) is 2. The van der Waals surface area contributed by atoms with Crippen molar-refractivity contribution < 1.29 is 19.1 Å². The number of methoxy groups -OCH3 is 2. The first-order valence-electron chi connectivity index (χ1n) is 9.52. The number of anilines is 1. The van der Waals surface area contributed by atoms with Gasteiger partial charge in [0.2, 0.25) is 11.8 Å². The van der Waals surface area contributed by atoms with E-state index in [2.05, 4.69) is 31.8 Å². The van der Waals surface area contributed by atoms with E-state index in [0.29, 0.717) is 27.2 Å². The molecule has 0 aliphatic carbocycles. The number of benzene rings is 3. The zero-order valence-corrected chi connectivity index (χ0v) is 18.7. The van der Waals surface area contributed by atoms with Gasteiger partial charge in [0.25, 0.3) is 0 Å². The highest BCUT2D eigenvalue weighted by atomic mass is 79.9. The first-order chi connectivity index (χ1) is 15.0. The van der Waals surface area contributed by atoms with Crippen LogP contribution in [0.3, 0.4) is 0 Å². The molecule has 3 rings (SSSR count). The van der Waals surface area contributed by atoms with Gasteiger partial charge in [-0.05, 0) is 56.5 Å². The lowest BCUT2D eigenvalue weighted by molar-refractivity contribution is -0.124. The van der Waals surface area contributed by atoms with Gasteiger partial charge >= 0.3 is 0 Å². The van der Waals surface area contributed by atoms with Gasteiger partial charge in [0.15, 0.2) is 11.5 Å². The Morgan fingerprint density at radius 1 is 0.968 bits per heavy atom. The van der Waals surface area contributed by atoms with E-state index >= 15 is 0 Å². The van der Waals surface area contributed by atoms with Crippen LogP contribution in [-0.4, -0.2) is 32.2 Å². The maximum Gasteiger partial charge on any atom is 0.240 e. The van der Waals surface area contributed by atoms with Crippen molar-refractivity contribution in [2.45, 2.75) is 12.8 Å². The van der Waals surface area contributed by atoms with E-state index < -0.39 is 0 Å². The summed E-state index contributed by atoms with van der Waals surface area (Å²) in [5.74, 6) is 0.513. The summed E-state index contributed by atoms with van der Waals surface area (Å²) in [6, 6.07) is 17.1. The number of carbonyl (C=O) groups excluding carboxylic acids is 2. The number of hydrazone groups is 1. The predicted octanol–water partition coefficient (Wildman–Crippen LogP) is 4.49. The molecule has 0 heterocycles. The highest BCUT2D eigenvalue weighted by Gasteiger charge is 2.10. The summed E-state index contributed by atoms with van der Waals surface area (Å²) in [5.41, 5.74) is 3.83. The van der Waals surface area contributed by atoms with E-state index in [1.54, 1.807) is 19.2 Å². The van der Waals surface area contributed by atoms with Crippen LogP contribution < -0.4 is 20.2 Å². The van der Waals surface area contributed by atoms with Gasteiger partial charge in [-0.15, -0.1) is 0 Å². The van der Waals surface area contributed by atoms with Crippen LogP contribution >= 0.6 is 15.9 Å². The minimum Gasteiger partial charge on any atom is -0.493 e. The summed E-state index contributed by atoms with van der Waals surface area (Å²) in [6.45, 7) is 0. The molecule has 8 heteroatoms. The minimum absolute atomic E-state index is 0.0202. The van der Waals surface area contributed by atoms with Gasteiger partial charge in [0.05, 0.1) is 24.9 Å². The molecule has 0 spiro atoms. The fourth-order valence-electron chi connectivity index (χ4n) is 2.96. The zero-order valence-electron chi connectivity index (χ0n) is 17.1. The molecule has 0 atom stereocenters. The third-order valence-corrected chi connectivity index (χ3v) is 5.06. The molecular formula is C23H22BrN3O4. The maximum atomic E-state index is 12.2. The molecule has 160 valence electrons. The van der Waals surface area contributed by atoms with Crippen molar-refractivity contribution in [1.29, 1.82) is 0 Å². The summed E-state index contributed by atoms with van der Waals surface area (Å²) in [4.78, 5) is 24.2. The van der Waals surface area contributed by atoms with Crippen LogP contribution in [0.2, 0.25) is 0 Å². The molecule has 2 N–H and O–H groups in total. The second-order valence-corrected chi connectivity index (χ2v) is 7.50. The van der Waals surface area contributed by atoms with Crippen LogP contribution in [0.4, 0.5) is 5.69 Å². The Balaban J connectivity index is 1.49. The van der Waals surface area contributed by atoms with Crippen molar-refractivity contribution in [3.05, 3.63) is 64.6 Å². The van der Waals surface area contributed by atoms with Gasteiger partial charge in [-0.2, -0.15) is 5.10 Å². The summed E-state index contributed by atoms with van der Waals surface area (Å²) < 4.78 is 11.2. The van der Waals surface area contributed by atoms with Crippen molar-refractivity contribution in [3.63, 3.8) is 0 Å². The molecule has 0 unspecified atom stereocenters. The monoisotopic (exact) mass is 483 g/mol. The van der Waals surface area contributed by atoms with Crippen molar-refractivity contribution in [2.24, 2.45) is 5.10 Å². The second kappa shape index (κ2) is 10.6. The number of nitrogens with one attached hydrogen (secondary N) is 2. The number of amides is 2. The van der Waals surface area contributed by atoms with Crippen molar-refractivity contribution in [1.82, 2.24) is 5.43 Å². The smallest absolute Gasteiger partial charge is 0.240 e. The number of rotatable bonds is 8. The van der Waals surface area contributed by atoms with E-state index in [9.17, 15) is 9.59 Å². The van der Waals surface area contributed by atoms with E-state index in [0.717, 1.165) is 10.8 Å². The van der Waals surface area contributed by atoms with Gasteiger partial charge in [-0.25, -0.2) is 5.43 Å². The third kappa shape index (κ3) is 6.05. The molecular weight excluding hydrogens is 462 g/mol.